The first-order valence-corrected chi connectivity index (χ1v) is 19.4. The molecule has 0 radical (unpaired) electrons. The molecule has 264 valence electrons. The van der Waals surface area contributed by atoms with Gasteiger partial charge in [0.05, 0.1) is 11.0 Å². The van der Waals surface area contributed by atoms with Gasteiger partial charge in [0.1, 0.15) is 0 Å². The molecule has 9 aromatic carbocycles. The van der Waals surface area contributed by atoms with Crippen LogP contribution in [-0.2, 0) is 0 Å². The second kappa shape index (κ2) is 12.4. The molecule has 0 saturated heterocycles. The zero-order chi connectivity index (χ0) is 37.5. The van der Waals surface area contributed by atoms with E-state index >= 15 is 0 Å². The lowest BCUT2D eigenvalue weighted by Crippen LogP contribution is -2.01. The topological polar surface area (TPSA) is 43.6 Å². The largest absolute Gasteiger partial charge is 0.309 e. The number of aromatic nitrogens is 4. The van der Waals surface area contributed by atoms with E-state index in [0.29, 0.717) is 17.5 Å². The van der Waals surface area contributed by atoms with Crippen LogP contribution >= 0.6 is 0 Å². The third kappa shape index (κ3) is 4.98. The van der Waals surface area contributed by atoms with E-state index in [-0.39, 0.29) is 0 Å². The van der Waals surface area contributed by atoms with Crippen LogP contribution in [0.25, 0.3) is 117 Å². The van der Waals surface area contributed by atoms with E-state index in [1.807, 2.05) is 36.4 Å². The molecule has 0 saturated carbocycles. The Morgan fingerprint density at radius 2 is 0.895 bits per heavy atom. The summed E-state index contributed by atoms with van der Waals surface area (Å²) in [5, 5.41) is 7.48. The van der Waals surface area contributed by atoms with Crippen LogP contribution in [0.4, 0.5) is 0 Å². The average molecular weight is 725 g/mol. The molecule has 57 heavy (non-hydrogen) atoms. The van der Waals surface area contributed by atoms with E-state index in [2.05, 4.69) is 162 Å². The van der Waals surface area contributed by atoms with Gasteiger partial charge in [-0.2, -0.15) is 0 Å². The normalized spacial score (nSPS) is 11.9. The van der Waals surface area contributed by atoms with Gasteiger partial charge in [-0.05, 0) is 91.8 Å². The van der Waals surface area contributed by atoms with Gasteiger partial charge in [-0.3, -0.25) is 0 Å². The molecule has 0 aliphatic heterocycles. The van der Waals surface area contributed by atoms with Crippen LogP contribution in [0.15, 0.2) is 194 Å². The highest BCUT2D eigenvalue weighted by molar-refractivity contribution is 6.19. The molecule has 2 heterocycles. The molecule has 4 nitrogen and oxygen atoms in total. The van der Waals surface area contributed by atoms with Crippen molar-refractivity contribution >= 4 is 43.4 Å². The standard InChI is InChI=1S/C53H32N4/c1-3-13-35(14-4-1)51-54-52(36-15-5-2-6-16-36)56-53(55-51)46-31-39(30-45-42-22-11-19-34-20-12-23-43(49(34)42)50(45)46)33-25-27-40(28-26-33)57-47-24-10-9-21-41(47)44-29-37-17-7-8-18-38(37)32-48(44)57/h1-32H. The van der Waals surface area contributed by atoms with E-state index in [1.54, 1.807) is 0 Å². The Morgan fingerprint density at radius 1 is 0.316 bits per heavy atom. The first-order chi connectivity index (χ1) is 28.2. The summed E-state index contributed by atoms with van der Waals surface area (Å²) in [5.41, 5.74) is 13.4. The van der Waals surface area contributed by atoms with Crippen LogP contribution in [0.2, 0.25) is 0 Å². The summed E-state index contributed by atoms with van der Waals surface area (Å²) in [6.07, 6.45) is 0. The molecule has 2 aromatic heterocycles. The molecular formula is C53H32N4. The maximum Gasteiger partial charge on any atom is 0.164 e. The zero-order valence-electron chi connectivity index (χ0n) is 30.8. The SMILES string of the molecule is c1ccc(-c2nc(-c3ccccc3)nc(-c3cc(-c4ccc(-n5c6ccccc6c6cc7ccccc7cc65)cc4)cc4c3-c3cccc5cccc-4c35)n2)cc1. The molecule has 0 bridgehead atoms. The summed E-state index contributed by atoms with van der Waals surface area (Å²) in [4.78, 5) is 15.5. The zero-order valence-corrected chi connectivity index (χ0v) is 30.8. The minimum absolute atomic E-state index is 0.649. The van der Waals surface area contributed by atoms with Gasteiger partial charge in [0.2, 0.25) is 0 Å². The number of nitrogens with zero attached hydrogens (tertiary/aromatic N) is 4. The first-order valence-electron chi connectivity index (χ1n) is 19.4. The number of para-hydroxylation sites is 1. The van der Waals surface area contributed by atoms with Gasteiger partial charge in [-0.1, -0.05) is 152 Å². The van der Waals surface area contributed by atoms with Gasteiger partial charge in [0.15, 0.2) is 17.5 Å². The average Bonchev–Trinajstić information content (AvgIpc) is 3.79. The molecule has 1 aliphatic carbocycles. The second-order valence-corrected chi connectivity index (χ2v) is 14.8. The number of hydrogen-bond donors (Lipinski definition) is 0. The van der Waals surface area contributed by atoms with Crippen LogP contribution < -0.4 is 0 Å². The van der Waals surface area contributed by atoms with Crippen LogP contribution in [0.3, 0.4) is 0 Å². The lowest BCUT2D eigenvalue weighted by molar-refractivity contribution is 1.07. The van der Waals surface area contributed by atoms with Crippen molar-refractivity contribution in [1.82, 2.24) is 19.5 Å². The summed E-state index contributed by atoms with van der Waals surface area (Å²) >= 11 is 0. The summed E-state index contributed by atoms with van der Waals surface area (Å²) in [6.45, 7) is 0. The summed E-state index contributed by atoms with van der Waals surface area (Å²) in [5.74, 6) is 1.95. The van der Waals surface area contributed by atoms with Gasteiger partial charge in [0, 0.05) is 38.7 Å². The molecule has 1 aliphatic rings. The quantitative estimate of drug-likeness (QED) is 0.177. The molecular weight excluding hydrogens is 693 g/mol. The smallest absolute Gasteiger partial charge is 0.164 e. The van der Waals surface area contributed by atoms with Crippen molar-refractivity contribution in [2.24, 2.45) is 0 Å². The van der Waals surface area contributed by atoms with Crippen LogP contribution in [0.5, 0.6) is 0 Å². The second-order valence-electron chi connectivity index (χ2n) is 14.8. The van der Waals surface area contributed by atoms with Gasteiger partial charge in [0.25, 0.3) is 0 Å². The first kappa shape index (κ1) is 31.6. The third-order valence-electron chi connectivity index (χ3n) is 11.5. The third-order valence-corrected chi connectivity index (χ3v) is 11.5. The minimum Gasteiger partial charge on any atom is -0.309 e. The molecule has 12 rings (SSSR count). The molecule has 4 heteroatoms. The molecule has 11 aromatic rings. The highest BCUT2D eigenvalue weighted by Crippen LogP contribution is 2.52. The molecule has 0 N–H and O–H groups in total. The fraction of sp³-hybridized carbons (Fsp3) is 0. The lowest BCUT2D eigenvalue weighted by Gasteiger charge is -2.15. The summed E-state index contributed by atoms with van der Waals surface area (Å²) < 4.78 is 2.40. The Kier molecular flexibility index (Phi) is 6.89. The predicted octanol–water partition coefficient (Wildman–Crippen LogP) is 13.6. The fourth-order valence-electron chi connectivity index (χ4n) is 8.93. The van der Waals surface area contributed by atoms with Crippen molar-refractivity contribution in [3.8, 4) is 73.2 Å². The maximum atomic E-state index is 5.24. The van der Waals surface area contributed by atoms with Crippen molar-refractivity contribution in [1.29, 1.82) is 0 Å². The van der Waals surface area contributed by atoms with E-state index in [9.17, 15) is 0 Å². The van der Waals surface area contributed by atoms with E-state index in [0.717, 1.165) is 39.1 Å². The predicted molar refractivity (Wildman–Crippen MR) is 235 cm³/mol. The van der Waals surface area contributed by atoms with Crippen molar-refractivity contribution in [2.45, 2.75) is 0 Å². The highest BCUT2D eigenvalue weighted by atomic mass is 15.0. The Balaban J connectivity index is 1.07. The fourth-order valence-corrected chi connectivity index (χ4v) is 8.93. The van der Waals surface area contributed by atoms with Crippen molar-refractivity contribution < 1.29 is 0 Å². The Labute approximate surface area is 329 Å². The van der Waals surface area contributed by atoms with E-state index < -0.39 is 0 Å². The molecule has 0 fully saturated rings. The molecule has 0 atom stereocenters. The van der Waals surface area contributed by atoms with Crippen LogP contribution in [0, 0.1) is 0 Å². The molecule has 0 unspecified atom stereocenters. The van der Waals surface area contributed by atoms with Gasteiger partial charge < -0.3 is 4.57 Å². The van der Waals surface area contributed by atoms with Gasteiger partial charge in [-0.15, -0.1) is 0 Å². The van der Waals surface area contributed by atoms with Gasteiger partial charge >= 0.3 is 0 Å². The van der Waals surface area contributed by atoms with E-state index in [4.69, 9.17) is 15.0 Å². The number of fused-ring (bicyclic) bond motifs is 7. The lowest BCUT2D eigenvalue weighted by atomic mass is 9.92. The Hall–Kier alpha value is -7.69. The van der Waals surface area contributed by atoms with Crippen molar-refractivity contribution in [3.05, 3.63) is 194 Å². The van der Waals surface area contributed by atoms with Crippen molar-refractivity contribution in [2.75, 3.05) is 0 Å². The van der Waals surface area contributed by atoms with Crippen LogP contribution in [-0.4, -0.2) is 19.5 Å². The Bertz CT molecular complexity index is 3320. The van der Waals surface area contributed by atoms with E-state index in [1.165, 1.54) is 60.0 Å². The minimum atomic E-state index is 0.649. The van der Waals surface area contributed by atoms with Gasteiger partial charge in [-0.25, -0.2) is 15.0 Å². The summed E-state index contributed by atoms with van der Waals surface area (Å²) in [6, 6.07) is 69.3. The number of hydrogen-bond acceptors (Lipinski definition) is 3. The maximum absolute atomic E-state index is 5.24. The molecule has 0 spiro atoms. The van der Waals surface area contributed by atoms with Crippen molar-refractivity contribution in [3.63, 3.8) is 0 Å². The highest BCUT2D eigenvalue weighted by Gasteiger charge is 2.27. The van der Waals surface area contributed by atoms with Crippen LogP contribution in [0.1, 0.15) is 0 Å². The monoisotopic (exact) mass is 724 g/mol. The summed E-state index contributed by atoms with van der Waals surface area (Å²) in [7, 11) is 0. The molecule has 0 amide bonds. The number of benzene rings is 9. The Morgan fingerprint density at radius 3 is 1.61 bits per heavy atom. The number of rotatable bonds is 5.